The fraction of sp³-hybridized carbons (Fsp3) is 0.692. The third-order valence-corrected chi connectivity index (χ3v) is 8.31. The van der Waals surface area contributed by atoms with Crippen molar-refractivity contribution >= 4 is 17.6 Å². The maximum atomic E-state index is 13.0. The second-order valence-electron chi connectivity index (χ2n) is 11.0. The molecule has 6 nitrogen and oxygen atoms in total. The predicted octanol–water partition coefficient (Wildman–Crippen LogP) is 3.92. The SMILES string of the molecule is CC(C)NC(=O)N[C@@H]1CCN(c2ccc(C(=O)NC3CCC4CC5CC(C4)C3C5)cc2)C1. The van der Waals surface area contributed by atoms with E-state index in [-0.39, 0.29) is 24.0 Å². The fourth-order valence-electron chi connectivity index (χ4n) is 6.95. The molecule has 0 spiro atoms. The molecule has 4 aliphatic rings. The lowest BCUT2D eigenvalue weighted by atomic mass is 9.80. The quantitative estimate of drug-likeness (QED) is 0.652. The van der Waals surface area contributed by atoms with E-state index in [1.165, 1.54) is 32.1 Å². The zero-order valence-corrected chi connectivity index (χ0v) is 19.5. The van der Waals surface area contributed by atoms with Crippen molar-refractivity contribution in [1.29, 1.82) is 0 Å². The number of rotatable bonds is 5. The molecule has 6 atom stereocenters. The minimum atomic E-state index is -0.0980. The van der Waals surface area contributed by atoms with Crippen LogP contribution in [0.4, 0.5) is 10.5 Å². The van der Waals surface area contributed by atoms with E-state index in [4.69, 9.17) is 0 Å². The molecule has 0 aromatic heterocycles. The molecular formula is C26H38N4O2. The van der Waals surface area contributed by atoms with E-state index in [1.807, 2.05) is 38.1 Å². The molecule has 4 fully saturated rings. The maximum Gasteiger partial charge on any atom is 0.315 e. The Balaban J connectivity index is 1.15. The smallest absolute Gasteiger partial charge is 0.315 e. The molecule has 6 heteroatoms. The van der Waals surface area contributed by atoms with Gasteiger partial charge in [-0.05, 0) is 107 Å². The van der Waals surface area contributed by atoms with Crippen LogP contribution in [0.3, 0.4) is 0 Å². The first-order valence-corrected chi connectivity index (χ1v) is 12.7. The van der Waals surface area contributed by atoms with E-state index in [2.05, 4.69) is 20.9 Å². The number of nitrogens with zero attached hydrogens (tertiary/aromatic N) is 1. The van der Waals surface area contributed by atoms with Crippen LogP contribution in [0.1, 0.15) is 69.2 Å². The van der Waals surface area contributed by atoms with Gasteiger partial charge in [0, 0.05) is 42.5 Å². The molecule has 32 heavy (non-hydrogen) atoms. The molecule has 5 rings (SSSR count). The number of anilines is 1. The Morgan fingerprint density at radius 1 is 0.938 bits per heavy atom. The van der Waals surface area contributed by atoms with Crippen molar-refractivity contribution in [3.05, 3.63) is 29.8 Å². The average molecular weight is 439 g/mol. The molecule has 1 aromatic carbocycles. The molecular weight excluding hydrogens is 400 g/mol. The van der Waals surface area contributed by atoms with E-state index in [9.17, 15) is 9.59 Å². The molecule has 3 N–H and O–H groups in total. The van der Waals surface area contributed by atoms with Crippen molar-refractivity contribution in [3.8, 4) is 0 Å². The van der Waals surface area contributed by atoms with Gasteiger partial charge in [-0.2, -0.15) is 0 Å². The van der Waals surface area contributed by atoms with Gasteiger partial charge in [-0.15, -0.1) is 0 Å². The van der Waals surface area contributed by atoms with Crippen LogP contribution in [0.15, 0.2) is 24.3 Å². The van der Waals surface area contributed by atoms with Gasteiger partial charge in [0.15, 0.2) is 0 Å². The Labute approximate surface area is 191 Å². The van der Waals surface area contributed by atoms with E-state index in [1.54, 1.807) is 0 Å². The molecule has 3 saturated carbocycles. The summed E-state index contributed by atoms with van der Waals surface area (Å²) in [5, 5.41) is 9.36. The topological polar surface area (TPSA) is 73.5 Å². The summed E-state index contributed by atoms with van der Waals surface area (Å²) < 4.78 is 0. The number of carbonyl (C=O) groups excluding carboxylic acids is 2. The molecule has 1 saturated heterocycles. The van der Waals surface area contributed by atoms with Crippen molar-refractivity contribution in [1.82, 2.24) is 16.0 Å². The van der Waals surface area contributed by atoms with Gasteiger partial charge in [-0.25, -0.2) is 4.79 Å². The number of amides is 3. The van der Waals surface area contributed by atoms with E-state index >= 15 is 0 Å². The van der Waals surface area contributed by atoms with Crippen LogP contribution in [-0.4, -0.2) is 43.2 Å². The van der Waals surface area contributed by atoms with Crippen molar-refractivity contribution in [2.45, 2.75) is 76.9 Å². The largest absolute Gasteiger partial charge is 0.369 e. The standard InChI is InChI=1S/C26H38N4O2/c1-16(2)27-26(32)28-21-9-10-30(15-21)22-6-4-19(5-7-22)25(31)29-24-8-3-17-11-18-13-20(12-17)23(24)14-18/h4-7,16-18,20-21,23-24H,3,8-15H2,1-2H3,(H,29,31)(H2,27,28,32)/t17?,18?,20?,21-,23?,24?/m1/s1. The van der Waals surface area contributed by atoms with Crippen molar-refractivity contribution in [2.75, 3.05) is 18.0 Å². The first-order chi connectivity index (χ1) is 15.4. The molecule has 0 radical (unpaired) electrons. The molecule has 5 unspecified atom stereocenters. The Kier molecular flexibility index (Phi) is 6.04. The van der Waals surface area contributed by atoms with Crippen LogP contribution < -0.4 is 20.9 Å². The normalized spacial score (nSPS) is 33.3. The van der Waals surface area contributed by atoms with Gasteiger partial charge in [0.1, 0.15) is 0 Å². The molecule has 1 heterocycles. The molecule has 1 aromatic rings. The highest BCUT2D eigenvalue weighted by atomic mass is 16.2. The summed E-state index contributed by atoms with van der Waals surface area (Å²) in [5.41, 5.74) is 1.86. The monoisotopic (exact) mass is 438 g/mol. The highest BCUT2D eigenvalue weighted by Crippen LogP contribution is 2.53. The molecule has 3 aliphatic carbocycles. The number of fused-ring (bicyclic) bond motifs is 2. The lowest BCUT2D eigenvalue weighted by molar-refractivity contribution is 0.0912. The zero-order valence-electron chi connectivity index (χ0n) is 19.5. The van der Waals surface area contributed by atoms with Gasteiger partial charge < -0.3 is 20.9 Å². The Bertz CT molecular complexity index is 839. The van der Waals surface area contributed by atoms with Crippen molar-refractivity contribution in [3.63, 3.8) is 0 Å². The number of hydrogen-bond acceptors (Lipinski definition) is 3. The highest BCUT2D eigenvalue weighted by Gasteiger charge is 2.46. The van der Waals surface area contributed by atoms with Crippen molar-refractivity contribution < 1.29 is 9.59 Å². The van der Waals surface area contributed by atoms with Crippen LogP contribution in [0.5, 0.6) is 0 Å². The summed E-state index contributed by atoms with van der Waals surface area (Å²) >= 11 is 0. The van der Waals surface area contributed by atoms with E-state index in [0.717, 1.165) is 54.9 Å². The summed E-state index contributed by atoms with van der Waals surface area (Å²) in [5.74, 6) is 3.43. The Morgan fingerprint density at radius 3 is 2.50 bits per heavy atom. The van der Waals surface area contributed by atoms with Gasteiger partial charge >= 0.3 is 6.03 Å². The van der Waals surface area contributed by atoms with Crippen LogP contribution in [-0.2, 0) is 0 Å². The van der Waals surface area contributed by atoms with Crippen LogP contribution in [0.25, 0.3) is 0 Å². The highest BCUT2D eigenvalue weighted by molar-refractivity contribution is 5.94. The number of carbonyl (C=O) groups is 2. The Hall–Kier alpha value is -2.24. The van der Waals surface area contributed by atoms with Crippen molar-refractivity contribution in [2.24, 2.45) is 23.7 Å². The number of benzene rings is 1. The van der Waals surface area contributed by atoms with E-state index < -0.39 is 0 Å². The number of urea groups is 1. The van der Waals surface area contributed by atoms with Crippen LogP contribution in [0, 0.1) is 23.7 Å². The summed E-state index contributed by atoms with van der Waals surface area (Å²) in [7, 11) is 0. The average Bonchev–Trinajstić information content (AvgIpc) is 3.30. The second kappa shape index (κ2) is 8.95. The second-order valence-corrected chi connectivity index (χ2v) is 11.0. The number of hydrogen-bond donors (Lipinski definition) is 3. The number of nitrogens with one attached hydrogen (secondary N) is 3. The predicted molar refractivity (Wildman–Crippen MR) is 127 cm³/mol. The first kappa shape index (κ1) is 21.6. The summed E-state index contributed by atoms with van der Waals surface area (Å²) in [4.78, 5) is 27.3. The summed E-state index contributed by atoms with van der Waals surface area (Å²) in [6, 6.07) is 8.54. The third-order valence-electron chi connectivity index (χ3n) is 8.31. The molecule has 3 bridgehead atoms. The third kappa shape index (κ3) is 4.60. The lowest BCUT2D eigenvalue weighted by Gasteiger charge is -2.27. The maximum absolute atomic E-state index is 13.0. The summed E-state index contributed by atoms with van der Waals surface area (Å²) in [6.45, 7) is 5.63. The molecule has 3 amide bonds. The first-order valence-electron chi connectivity index (χ1n) is 12.7. The molecule has 174 valence electrons. The van der Waals surface area contributed by atoms with Gasteiger partial charge in [0.25, 0.3) is 5.91 Å². The van der Waals surface area contributed by atoms with E-state index in [0.29, 0.717) is 12.0 Å². The van der Waals surface area contributed by atoms with Gasteiger partial charge in [0.2, 0.25) is 0 Å². The fourth-order valence-corrected chi connectivity index (χ4v) is 6.95. The van der Waals surface area contributed by atoms with Gasteiger partial charge in [0.05, 0.1) is 0 Å². The van der Waals surface area contributed by atoms with Crippen LogP contribution >= 0.6 is 0 Å². The molecule has 1 aliphatic heterocycles. The summed E-state index contributed by atoms with van der Waals surface area (Å²) in [6.07, 6.45) is 8.91. The van der Waals surface area contributed by atoms with Gasteiger partial charge in [-0.1, -0.05) is 0 Å². The minimum Gasteiger partial charge on any atom is -0.369 e. The van der Waals surface area contributed by atoms with Gasteiger partial charge in [-0.3, -0.25) is 4.79 Å². The zero-order chi connectivity index (χ0) is 22.2. The van der Waals surface area contributed by atoms with Crippen LogP contribution in [0.2, 0.25) is 0 Å². The minimum absolute atomic E-state index is 0.0779. The lowest BCUT2D eigenvalue weighted by Crippen LogP contribution is -2.45. The Morgan fingerprint density at radius 2 is 1.72 bits per heavy atom.